The normalized spacial score (nSPS) is 53.5. The van der Waals surface area contributed by atoms with Crippen LogP contribution in [-0.2, 0) is 14.2 Å². The molecule has 0 spiro atoms. The zero-order valence-electron chi connectivity index (χ0n) is 12.4. The summed E-state index contributed by atoms with van der Waals surface area (Å²) in [6.07, 6.45) is -10.8. The molecule has 0 aromatic rings. The molecule has 0 radical (unpaired) electrons. The van der Waals surface area contributed by atoms with Crippen LogP contribution in [0.1, 0.15) is 13.8 Å². The molecule has 0 aromatic carbocycles. The second kappa shape index (κ2) is 7.04. The van der Waals surface area contributed by atoms with Crippen molar-refractivity contribution >= 4 is 0 Å². The highest BCUT2D eigenvalue weighted by molar-refractivity contribution is 4.89. The lowest BCUT2D eigenvalue weighted by atomic mass is 9.92. The molecule has 9 nitrogen and oxygen atoms in total. The molecule has 2 heterocycles. The predicted octanol–water partition coefficient (Wildman–Crippen LogP) is -3.09. The fraction of sp³-hybridized carbons (Fsp3) is 1.00. The van der Waals surface area contributed by atoms with Gasteiger partial charge >= 0.3 is 0 Å². The molecule has 0 amide bonds. The lowest BCUT2D eigenvalue weighted by Crippen LogP contribution is -2.59. The standard InChI is InChI=1S/C13H24O9/c1-4-7(14)9(16)6(22-12(4)19)3-20-13-11(18)10(17)8(15)5(2)21-13/h4-19H,3H2,1-2H3/t4?,5?,6?,7?,8?,9?,10?,11?,12-,13?/m1/s1. The van der Waals surface area contributed by atoms with Gasteiger partial charge in [0, 0.05) is 5.92 Å². The van der Waals surface area contributed by atoms with E-state index in [1.54, 1.807) is 0 Å². The van der Waals surface area contributed by atoms with Gasteiger partial charge in [0.2, 0.25) is 0 Å². The first-order valence-corrected chi connectivity index (χ1v) is 7.25. The van der Waals surface area contributed by atoms with Crippen LogP contribution in [0.4, 0.5) is 0 Å². The molecule has 0 aromatic heterocycles. The Morgan fingerprint density at radius 1 is 0.773 bits per heavy atom. The summed E-state index contributed by atoms with van der Waals surface area (Å²) in [7, 11) is 0. The molecule has 6 N–H and O–H groups in total. The van der Waals surface area contributed by atoms with Crippen molar-refractivity contribution in [2.75, 3.05) is 6.61 Å². The van der Waals surface area contributed by atoms with Crippen LogP contribution in [-0.4, -0.2) is 92.6 Å². The molecule has 2 fully saturated rings. The monoisotopic (exact) mass is 324 g/mol. The van der Waals surface area contributed by atoms with Crippen molar-refractivity contribution in [1.82, 2.24) is 0 Å². The van der Waals surface area contributed by atoms with E-state index in [-0.39, 0.29) is 6.61 Å². The third-order valence-electron chi connectivity index (χ3n) is 4.27. The van der Waals surface area contributed by atoms with Crippen LogP contribution >= 0.6 is 0 Å². The number of aliphatic hydroxyl groups is 6. The zero-order chi connectivity index (χ0) is 16.6. The van der Waals surface area contributed by atoms with Gasteiger partial charge in [0.1, 0.15) is 30.5 Å². The van der Waals surface area contributed by atoms with Gasteiger partial charge in [-0.05, 0) is 6.92 Å². The van der Waals surface area contributed by atoms with E-state index in [2.05, 4.69) is 0 Å². The van der Waals surface area contributed by atoms with Crippen molar-refractivity contribution in [3.05, 3.63) is 0 Å². The fourth-order valence-corrected chi connectivity index (χ4v) is 2.56. The highest BCUT2D eigenvalue weighted by Crippen LogP contribution is 2.26. The maximum atomic E-state index is 9.91. The first-order valence-electron chi connectivity index (χ1n) is 7.25. The van der Waals surface area contributed by atoms with Crippen LogP contribution < -0.4 is 0 Å². The summed E-state index contributed by atoms with van der Waals surface area (Å²) in [5.74, 6) is -0.653. The summed E-state index contributed by atoms with van der Waals surface area (Å²) in [6.45, 7) is 2.76. The highest BCUT2D eigenvalue weighted by atomic mass is 16.7. The molecule has 2 rings (SSSR count). The van der Waals surface area contributed by atoms with Crippen LogP contribution in [0.25, 0.3) is 0 Å². The molecule has 9 unspecified atom stereocenters. The van der Waals surface area contributed by atoms with Crippen molar-refractivity contribution < 1.29 is 44.8 Å². The second-order valence-electron chi connectivity index (χ2n) is 5.92. The second-order valence-corrected chi connectivity index (χ2v) is 5.92. The van der Waals surface area contributed by atoms with E-state index in [4.69, 9.17) is 14.2 Å². The molecule has 0 bridgehead atoms. The van der Waals surface area contributed by atoms with Gasteiger partial charge in [-0.2, -0.15) is 0 Å². The number of ether oxygens (including phenoxy) is 3. The van der Waals surface area contributed by atoms with Gasteiger partial charge in [-0.3, -0.25) is 0 Å². The SMILES string of the molecule is CC1OC(OCC2O[C@@H](O)C(C)C(O)C2O)C(O)C(O)C1O. The molecule has 2 aliphatic rings. The lowest BCUT2D eigenvalue weighted by Gasteiger charge is -2.42. The van der Waals surface area contributed by atoms with Crippen molar-refractivity contribution in [1.29, 1.82) is 0 Å². The number of hydrogen-bond acceptors (Lipinski definition) is 9. The molecule has 22 heavy (non-hydrogen) atoms. The number of aliphatic hydroxyl groups excluding tert-OH is 6. The minimum atomic E-state index is -1.47. The summed E-state index contributed by atoms with van der Waals surface area (Å²) in [6, 6.07) is 0. The topological polar surface area (TPSA) is 149 Å². The molecule has 9 heteroatoms. The first kappa shape index (κ1) is 18.0. The van der Waals surface area contributed by atoms with Crippen LogP contribution in [0.3, 0.4) is 0 Å². The predicted molar refractivity (Wildman–Crippen MR) is 70.4 cm³/mol. The Kier molecular flexibility index (Phi) is 5.75. The van der Waals surface area contributed by atoms with Crippen molar-refractivity contribution in [2.24, 2.45) is 5.92 Å². The van der Waals surface area contributed by atoms with E-state index in [1.807, 2.05) is 0 Å². The Hall–Kier alpha value is -0.360. The molecular formula is C13H24O9. The Morgan fingerprint density at radius 3 is 2.05 bits per heavy atom. The Balaban J connectivity index is 1.92. The fourth-order valence-electron chi connectivity index (χ4n) is 2.56. The summed E-state index contributed by atoms with van der Waals surface area (Å²) in [5, 5.41) is 58.4. The average Bonchev–Trinajstić information content (AvgIpc) is 2.49. The number of hydrogen-bond donors (Lipinski definition) is 6. The molecule has 0 saturated carbocycles. The molecule has 130 valence electrons. The van der Waals surface area contributed by atoms with Gasteiger partial charge in [-0.1, -0.05) is 6.92 Å². The Bertz CT molecular complexity index is 333. The third-order valence-corrected chi connectivity index (χ3v) is 4.27. The summed E-state index contributed by atoms with van der Waals surface area (Å²) < 4.78 is 15.7. The van der Waals surface area contributed by atoms with Crippen LogP contribution in [0.15, 0.2) is 0 Å². The van der Waals surface area contributed by atoms with E-state index in [1.165, 1.54) is 13.8 Å². The molecule has 0 aliphatic carbocycles. The highest BCUT2D eigenvalue weighted by Gasteiger charge is 2.45. The minimum absolute atomic E-state index is 0.279. The molecule has 10 atom stereocenters. The lowest BCUT2D eigenvalue weighted by molar-refractivity contribution is -0.316. The first-order chi connectivity index (χ1) is 10.2. The van der Waals surface area contributed by atoms with E-state index in [9.17, 15) is 30.6 Å². The van der Waals surface area contributed by atoms with E-state index >= 15 is 0 Å². The van der Waals surface area contributed by atoms with Crippen LogP contribution in [0.2, 0.25) is 0 Å². The van der Waals surface area contributed by atoms with E-state index < -0.39 is 61.2 Å². The molecule has 2 aliphatic heterocycles. The van der Waals surface area contributed by atoms with Gasteiger partial charge in [-0.15, -0.1) is 0 Å². The smallest absolute Gasteiger partial charge is 0.186 e. The maximum Gasteiger partial charge on any atom is 0.186 e. The zero-order valence-corrected chi connectivity index (χ0v) is 12.4. The quantitative estimate of drug-likeness (QED) is 0.317. The van der Waals surface area contributed by atoms with Gasteiger partial charge in [0.05, 0.1) is 18.8 Å². The number of rotatable bonds is 3. The maximum absolute atomic E-state index is 9.91. The minimum Gasteiger partial charge on any atom is -0.390 e. The summed E-state index contributed by atoms with van der Waals surface area (Å²) in [4.78, 5) is 0. The van der Waals surface area contributed by atoms with Crippen LogP contribution in [0, 0.1) is 5.92 Å². The molecule has 2 saturated heterocycles. The van der Waals surface area contributed by atoms with Crippen molar-refractivity contribution in [3.63, 3.8) is 0 Å². The van der Waals surface area contributed by atoms with Gasteiger partial charge < -0.3 is 44.8 Å². The van der Waals surface area contributed by atoms with Crippen molar-refractivity contribution in [3.8, 4) is 0 Å². The summed E-state index contributed by atoms with van der Waals surface area (Å²) in [5.41, 5.74) is 0. The van der Waals surface area contributed by atoms with Gasteiger partial charge in [-0.25, -0.2) is 0 Å². The average molecular weight is 324 g/mol. The van der Waals surface area contributed by atoms with Gasteiger partial charge in [0.15, 0.2) is 12.6 Å². The van der Waals surface area contributed by atoms with Gasteiger partial charge in [0.25, 0.3) is 0 Å². The van der Waals surface area contributed by atoms with Crippen LogP contribution in [0.5, 0.6) is 0 Å². The van der Waals surface area contributed by atoms with E-state index in [0.717, 1.165) is 0 Å². The van der Waals surface area contributed by atoms with E-state index in [0.29, 0.717) is 0 Å². The largest absolute Gasteiger partial charge is 0.390 e. The molecular weight excluding hydrogens is 300 g/mol. The van der Waals surface area contributed by atoms with Crippen molar-refractivity contribution in [2.45, 2.75) is 69.2 Å². The Labute approximate surface area is 127 Å². The Morgan fingerprint density at radius 2 is 1.41 bits per heavy atom. The summed E-state index contributed by atoms with van der Waals surface area (Å²) >= 11 is 0. The third kappa shape index (κ3) is 3.42.